The van der Waals surface area contributed by atoms with E-state index in [1.165, 1.54) is 0 Å². The van der Waals surface area contributed by atoms with Gasteiger partial charge < -0.3 is 15.4 Å². The van der Waals surface area contributed by atoms with E-state index in [-0.39, 0.29) is 25.8 Å². The SMILES string of the molecule is CCOc1ccc(CC(=O)N2C[C@H](N)CC[C@@H]2C(F)(F)F)cc1. The van der Waals surface area contributed by atoms with Crippen molar-refractivity contribution < 1.29 is 22.7 Å². The van der Waals surface area contributed by atoms with Gasteiger partial charge in [0.25, 0.3) is 0 Å². The Morgan fingerprint density at radius 3 is 2.52 bits per heavy atom. The van der Waals surface area contributed by atoms with E-state index in [1.807, 2.05) is 6.92 Å². The first kappa shape index (κ1) is 17.6. The molecule has 0 spiro atoms. The van der Waals surface area contributed by atoms with E-state index >= 15 is 0 Å². The molecule has 0 aliphatic carbocycles. The van der Waals surface area contributed by atoms with Gasteiger partial charge in [-0.25, -0.2) is 0 Å². The van der Waals surface area contributed by atoms with Crippen LogP contribution in [0, 0.1) is 0 Å². The minimum atomic E-state index is -4.42. The third kappa shape index (κ3) is 4.60. The molecule has 2 N–H and O–H groups in total. The minimum Gasteiger partial charge on any atom is -0.494 e. The van der Waals surface area contributed by atoms with Gasteiger partial charge in [-0.1, -0.05) is 12.1 Å². The number of halogens is 3. The summed E-state index contributed by atoms with van der Waals surface area (Å²) in [5.74, 6) is 0.114. The number of carbonyl (C=O) groups excluding carboxylic acids is 1. The van der Waals surface area contributed by atoms with E-state index in [4.69, 9.17) is 10.5 Å². The quantitative estimate of drug-likeness (QED) is 0.923. The summed E-state index contributed by atoms with van der Waals surface area (Å²) in [6, 6.07) is 4.64. The number of nitrogens with two attached hydrogens (primary N) is 1. The van der Waals surface area contributed by atoms with E-state index in [0.29, 0.717) is 17.9 Å². The van der Waals surface area contributed by atoms with Crippen molar-refractivity contribution in [3.63, 3.8) is 0 Å². The number of benzene rings is 1. The molecule has 1 heterocycles. The molecule has 1 aliphatic rings. The molecule has 0 aromatic heterocycles. The summed E-state index contributed by atoms with van der Waals surface area (Å²) in [6.07, 6.45) is -4.36. The van der Waals surface area contributed by atoms with E-state index in [1.54, 1.807) is 24.3 Å². The van der Waals surface area contributed by atoms with Crippen LogP contribution in [-0.2, 0) is 11.2 Å². The molecule has 2 rings (SSSR count). The van der Waals surface area contributed by atoms with Crippen molar-refractivity contribution in [1.29, 1.82) is 0 Å². The molecular weight excluding hydrogens is 309 g/mol. The highest BCUT2D eigenvalue weighted by molar-refractivity contribution is 5.79. The van der Waals surface area contributed by atoms with Gasteiger partial charge in [-0.2, -0.15) is 13.2 Å². The Morgan fingerprint density at radius 1 is 1.30 bits per heavy atom. The number of amides is 1. The fourth-order valence-electron chi connectivity index (χ4n) is 2.76. The molecule has 0 saturated carbocycles. The van der Waals surface area contributed by atoms with Gasteiger partial charge in [-0.15, -0.1) is 0 Å². The Hall–Kier alpha value is -1.76. The standard InChI is InChI=1S/C16H21F3N2O2/c1-2-23-13-6-3-11(4-7-13)9-15(22)21-10-12(20)5-8-14(21)16(17,18)19/h3-4,6-7,12,14H,2,5,8-10,20H2,1H3/t12-,14-/m1/s1. The third-order valence-electron chi connectivity index (χ3n) is 3.91. The number of piperidine rings is 1. The van der Waals surface area contributed by atoms with Crippen LogP contribution < -0.4 is 10.5 Å². The van der Waals surface area contributed by atoms with Gasteiger partial charge in [0.1, 0.15) is 11.8 Å². The summed E-state index contributed by atoms with van der Waals surface area (Å²) in [5, 5.41) is 0. The Labute approximate surface area is 133 Å². The number of hydrogen-bond donors (Lipinski definition) is 1. The van der Waals surface area contributed by atoms with Crippen LogP contribution in [0.15, 0.2) is 24.3 Å². The van der Waals surface area contributed by atoms with Gasteiger partial charge in [-0.05, 0) is 37.5 Å². The first-order chi connectivity index (χ1) is 10.8. The summed E-state index contributed by atoms with van der Waals surface area (Å²) in [6.45, 7) is 2.32. The molecular formula is C16H21F3N2O2. The van der Waals surface area contributed by atoms with Crippen LogP contribution in [0.3, 0.4) is 0 Å². The molecule has 0 radical (unpaired) electrons. The fraction of sp³-hybridized carbons (Fsp3) is 0.562. The molecule has 1 fully saturated rings. The van der Waals surface area contributed by atoms with Crippen LogP contribution in [0.1, 0.15) is 25.3 Å². The lowest BCUT2D eigenvalue weighted by atomic mass is 9.97. The highest BCUT2D eigenvalue weighted by atomic mass is 19.4. The van der Waals surface area contributed by atoms with Gasteiger partial charge in [0.2, 0.25) is 5.91 Å². The van der Waals surface area contributed by atoms with E-state index in [0.717, 1.165) is 4.90 Å². The lowest BCUT2D eigenvalue weighted by Crippen LogP contribution is -2.57. The zero-order chi connectivity index (χ0) is 17.0. The number of hydrogen-bond acceptors (Lipinski definition) is 3. The number of likely N-dealkylation sites (tertiary alicyclic amines) is 1. The predicted molar refractivity (Wildman–Crippen MR) is 80.1 cm³/mol. The molecule has 4 nitrogen and oxygen atoms in total. The van der Waals surface area contributed by atoms with Crippen molar-refractivity contribution in [3.8, 4) is 5.75 Å². The smallest absolute Gasteiger partial charge is 0.408 e. The fourth-order valence-corrected chi connectivity index (χ4v) is 2.76. The zero-order valence-electron chi connectivity index (χ0n) is 13.0. The van der Waals surface area contributed by atoms with Gasteiger partial charge in [-0.3, -0.25) is 4.79 Å². The number of ether oxygens (including phenoxy) is 1. The first-order valence-electron chi connectivity index (χ1n) is 7.64. The molecule has 7 heteroatoms. The maximum atomic E-state index is 13.1. The molecule has 1 aliphatic heterocycles. The summed E-state index contributed by atoms with van der Waals surface area (Å²) >= 11 is 0. The summed E-state index contributed by atoms with van der Waals surface area (Å²) in [5.41, 5.74) is 6.39. The van der Waals surface area contributed by atoms with Crippen LogP contribution in [0.25, 0.3) is 0 Å². The Kier molecular flexibility index (Phi) is 5.51. The molecule has 0 bridgehead atoms. The predicted octanol–water partition coefficient (Wildman–Crippen LogP) is 2.51. The van der Waals surface area contributed by atoms with E-state index in [2.05, 4.69) is 0 Å². The molecule has 1 amide bonds. The summed E-state index contributed by atoms with van der Waals surface area (Å²) in [4.78, 5) is 13.2. The van der Waals surface area contributed by atoms with E-state index < -0.39 is 24.2 Å². The maximum Gasteiger partial charge on any atom is 0.408 e. The van der Waals surface area contributed by atoms with E-state index in [9.17, 15) is 18.0 Å². The zero-order valence-corrected chi connectivity index (χ0v) is 13.0. The largest absolute Gasteiger partial charge is 0.494 e. The third-order valence-corrected chi connectivity index (χ3v) is 3.91. The molecule has 1 aromatic carbocycles. The Morgan fingerprint density at radius 2 is 1.96 bits per heavy atom. The second-order valence-electron chi connectivity index (χ2n) is 5.69. The van der Waals surface area contributed by atoms with Crippen molar-refractivity contribution in [2.45, 2.75) is 44.4 Å². The van der Waals surface area contributed by atoms with Gasteiger partial charge in [0.05, 0.1) is 13.0 Å². The normalized spacial score (nSPS) is 22.0. The Bertz CT molecular complexity index is 531. The lowest BCUT2D eigenvalue weighted by Gasteiger charge is -2.39. The monoisotopic (exact) mass is 330 g/mol. The minimum absolute atomic E-state index is 0.0555. The average molecular weight is 330 g/mol. The molecule has 23 heavy (non-hydrogen) atoms. The van der Waals surface area contributed by atoms with Crippen molar-refractivity contribution in [1.82, 2.24) is 4.90 Å². The molecule has 2 atom stereocenters. The highest BCUT2D eigenvalue weighted by Gasteiger charge is 2.47. The van der Waals surface area contributed by atoms with Crippen LogP contribution in [0.5, 0.6) is 5.75 Å². The first-order valence-corrected chi connectivity index (χ1v) is 7.64. The van der Waals surface area contributed by atoms with Crippen molar-refractivity contribution in [2.24, 2.45) is 5.73 Å². The lowest BCUT2D eigenvalue weighted by molar-refractivity contribution is -0.196. The van der Waals surface area contributed by atoms with Crippen molar-refractivity contribution in [3.05, 3.63) is 29.8 Å². The topological polar surface area (TPSA) is 55.6 Å². The number of carbonyl (C=O) groups is 1. The van der Waals surface area contributed by atoms with Crippen molar-refractivity contribution >= 4 is 5.91 Å². The molecule has 1 aromatic rings. The van der Waals surface area contributed by atoms with Gasteiger partial charge in [0.15, 0.2) is 0 Å². The van der Waals surface area contributed by atoms with Gasteiger partial charge >= 0.3 is 6.18 Å². The van der Waals surface area contributed by atoms with Gasteiger partial charge in [0, 0.05) is 12.6 Å². The van der Waals surface area contributed by atoms with Crippen LogP contribution in [0.2, 0.25) is 0 Å². The summed E-state index contributed by atoms with van der Waals surface area (Å²) < 4.78 is 44.6. The van der Waals surface area contributed by atoms with Crippen LogP contribution in [-0.4, -0.2) is 42.2 Å². The molecule has 128 valence electrons. The average Bonchev–Trinajstić information content (AvgIpc) is 2.48. The number of rotatable bonds is 4. The maximum absolute atomic E-state index is 13.1. The van der Waals surface area contributed by atoms with Crippen LogP contribution in [0.4, 0.5) is 13.2 Å². The second kappa shape index (κ2) is 7.21. The van der Waals surface area contributed by atoms with Crippen molar-refractivity contribution in [2.75, 3.05) is 13.2 Å². The Balaban J connectivity index is 2.07. The second-order valence-corrected chi connectivity index (χ2v) is 5.69. The highest BCUT2D eigenvalue weighted by Crippen LogP contribution is 2.32. The number of alkyl halides is 3. The number of nitrogens with zero attached hydrogens (tertiary/aromatic N) is 1. The summed E-state index contributed by atoms with van der Waals surface area (Å²) in [7, 11) is 0. The molecule has 0 unspecified atom stereocenters. The molecule has 1 saturated heterocycles. The van der Waals surface area contributed by atoms with Crippen LogP contribution >= 0.6 is 0 Å².